The van der Waals surface area contributed by atoms with Gasteiger partial charge in [-0.15, -0.1) is 0 Å². The molecule has 3 fully saturated rings. The van der Waals surface area contributed by atoms with Crippen LogP contribution in [-0.2, 0) is 11.2 Å². The monoisotopic (exact) mass is 472 g/mol. The molecular formula is C25H28N8O2. The van der Waals surface area contributed by atoms with E-state index in [1.54, 1.807) is 12.4 Å². The zero-order valence-corrected chi connectivity index (χ0v) is 19.6. The van der Waals surface area contributed by atoms with Crippen molar-refractivity contribution >= 4 is 17.5 Å². The van der Waals surface area contributed by atoms with E-state index >= 15 is 0 Å². The van der Waals surface area contributed by atoms with Crippen LogP contribution >= 0.6 is 0 Å². The highest BCUT2D eigenvalue weighted by atomic mass is 16.5. The van der Waals surface area contributed by atoms with Crippen molar-refractivity contribution in [2.45, 2.75) is 12.5 Å². The van der Waals surface area contributed by atoms with E-state index in [1.807, 2.05) is 7.05 Å². The minimum atomic E-state index is 0.321. The highest BCUT2D eigenvalue weighted by molar-refractivity contribution is 5.88. The van der Waals surface area contributed by atoms with Gasteiger partial charge in [-0.2, -0.15) is 9.97 Å². The summed E-state index contributed by atoms with van der Waals surface area (Å²) in [4.78, 5) is 23.2. The lowest BCUT2D eigenvalue weighted by molar-refractivity contribution is 0.122. The van der Waals surface area contributed by atoms with Gasteiger partial charge >= 0.3 is 6.01 Å². The lowest BCUT2D eigenvalue weighted by Gasteiger charge is -2.26. The molecule has 0 amide bonds. The predicted octanol–water partition coefficient (Wildman–Crippen LogP) is 1.90. The van der Waals surface area contributed by atoms with Gasteiger partial charge in [-0.05, 0) is 29.0 Å². The molecule has 10 heteroatoms. The van der Waals surface area contributed by atoms with Crippen LogP contribution in [0.2, 0.25) is 0 Å². The van der Waals surface area contributed by atoms with Gasteiger partial charge in [-0.1, -0.05) is 12.1 Å². The third kappa shape index (κ3) is 3.47. The first-order valence-electron chi connectivity index (χ1n) is 12.2. The van der Waals surface area contributed by atoms with Gasteiger partial charge < -0.3 is 30.3 Å². The summed E-state index contributed by atoms with van der Waals surface area (Å²) in [6.45, 7) is 4.80. The summed E-state index contributed by atoms with van der Waals surface area (Å²) >= 11 is 0. The van der Waals surface area contributed by atoms with E-state index in [0.29, 0.717) is 48.8 Å². The molecule has 3 aromatic rings. The largest absolute Gasteiger partial charge is 0.421 e. The number of hydrogen-bond acceptors (Lipinski definition) is 10. The Morgan fingerprint density at radius 3 is 2.57 bits per heavy atom. The first-order valence-corrected chi connectivity index (χ1v) is 12.2. The number of nitrogens with one attached hydrogen (secondary N) is 1. The summed E-state index contributed by atoms with van der Waals surface area (Å²) in [5.41, 5.74) is 11.9. The Morgan fingerprint density at radius 2 is 1.83 bits per heavy atom. The second kappa shape index (κ2) is 8.03. The average Bonchev–Trinajstić information content (AvgIpc) is 3.23. The number of anilines is 3. The van der Waals surface area contributed by atoms with Crippen molar-refractivity contribution in [1.29, 1.82) is 0 Å². The fourth-order valence-electron chi connectivity index (χ4n) is 5.70. The highest BCUT2D eigenvalue weighted by Crippen LogP contribution is 2.50. The quantitative estimate of drug-likeness (QED) is 0.446. The molecule has 2 saturated heterocycles. The van der Waals surface area contributed by atoms with E-state index in [9.17, 15) is 0 Å². The number of fused-ring (bicyclic) bond motifs is 4. The second-order valence-electron chi connectivity index (χ2n) is 9.64. The molecule has 10 nitrogen and oxygen atoms in total. The van der Waals surface area contributed by atoms with Gasteiger partial charge in [0, 0.05) is 56.9 Å². The van der Waals surface area contributed by atoms with Crippen LogP contribution < -0.4 is 25.6 Å². The molecule has 2 unspecified atom stereocenters. The standard InChI is InChI=1S/C25H28N8O2/c1-27-19-4-2-3-15-16(19)9-20-21(15)23(33-12-17-18(13-33)22(17)26)31-25(30-20)35-14-10-28-24(29-11-14)32-5-7-34-8-6-32/h2-4,10-11,17-18,22,27H,5-9,12-13,26H2,1H3. The molecule has 2 aliphatic carbocycles. The van der Waals surface area contributed by atoms with E-state index in [-0.39, 0.29) is 0 Å². The number of hydrogen-bond donors (Lipinski definition) is 2. The molecule has 2 atom stereocenters. The van der Waals surface area contributed by atoms with Crippen molar-refractivity contribution in [3.05, 3.63) is 41.9 Å². The topological polar surface area (TPSA) is 115 Å². The molecule has 2 aliphatic heterocycles. The summed E-state index contributed by atoms with van der Waals surface area (Å²) in [5, 5.41) is 3.32. The third-order valence-corrected chi connectivity index (χ3v) is 7.68. The van der Waals surface area contributed by atoms with Crippen LogP contribution in [0.4, 0.5) is 17.5 Å². The number of nitrogens with two attached hydrogens (primary N) is 1. The SMILES string of the molecule is CNc1cccc2c1Cc1nc(Oc3cnc(N4CCOCC4)nc3)nc(N3CC4C(N)C4C3)c1-2. The maximum absolute atomic E-state index is 6.22. The molecule has 0 bridgehead atoms. The van der Waals surface area contributed by atoms with Crippen molar-refractivity contribution in [1.82, 2.24) is 19.9 Å². The summed E-state index contributed by atoms with van der Waals surface area (Å²) < 4.78 is 11.5. The van der Waals surface area contributed by atoms with Gasteiger partial charge in [0.2, 0.25) is 5.95 Å². The maximum atomic E-state index is 6.22. The van der Waals surface area contributed by atoms with E-state index in [2.05, 4.69) is 43.3 Å². The van der Waals surface area contributed by atoms with Crippen molar-refractivity contribution in [2.24, 2.45) is 17.6 Å². The normalized spacial score (nSPS) is 24.1. The van der Waals surface area contributed by atoms with Crippen molar-refractivity contribution in [3.63, 3.8) is 0 Å². The van der Waals surface area contributed by atoms with Gasteiger partial charge in [0.25, 0.3) is 0 Å². The number of ether oxygens (including phenoxy) is 2. The fourth-order valence-corrected chi connectivity index (χ4v) is 5.70. The molecule has 2 aromatic heterocycles. The minimum Gasteiger partial charge on any atom is -0.421 e. The Hall–Kier alpha value is -3.50. The predicted molar refractivity (Wildman–Crippen MR) is 132 cm³/mol. The first kappa shape index (κ1) is 20.8. The Kier molecular flexibility index (Phi) is 4.78. The summed E-state index contributed by atoms with van der Waals surface area (Å²) in [5.74, 6) is 3.23. The zero-order valence-electron chi connectivity index (χ0n) is 19.6. The number of aromatic nitrogens is 4. The Bertz CT molecular complexity index is 1270. The van der Waals surface area contributed by atoms with E-state index < -0.39 is 0 Å². The molecule has 0 spiro atoms. The van der Waals surface area contributed by atoms with Gasteiger partial charge in [0.05, 0.1) is 31.3 Å². The van der Waals surface area contributed by atoms with E-state index in [0.717, 1.165) is 55.4 Å². The van der Waals surface area contributed by atoms with Crippen LogP contribution in [0, 0.1) is 11.8 Å². The van der Waals surface area contributed by atoms with Crippen LogP contribution in [0.5, 0.6) is 11.8 Å². The molecule has 3 N–H and O–H groups in total. The number of benzene rings is 1. The fraction of sp³-hybridized carbons (Fsp3) is 0.440. The molecule has 4 aliphatic rings. The van der Waals surface area contributed by atoms with Gasteiger partial charge in [-0.3, -0.25) is 0 Å². The van der Waals surface area contributed by atoms with Crippen molar-refractivity contribution < 1.29 is 9.47 Å². The van der Waals surface area contributed by atoms with Crippen LogP contribution in [0.3, 0.4) is 0 Å². The molecule has 7 rings (SSSR count). The van der Waals surface area contributed by atoms with E-state index in [1.165, 1.54) is 11.1 Å². The van der Waals surface area contributed by atoms with Crippen LogP contribution in [0.1, 0.15) is 11.3 Å². The maximum Gasteiger partial charge on any atom is 0.324 e. The van der Waals surface area contributed by atoms with Gasteiger partial charge in [0.15, 0.2) is 5.75 Å². The number of piperidine rings is 1. The Balaban J connectivity index is 1.22. The Labute approximate surface area is 203 Å². The molecule has 35 heavy (non-hydrogen) atoms. The number of rotatable bonds is 5. The summed E-state index contributed by atoms with van der Waals surface area (Å²) in [6.07, 6.45) is 4.11. The minimum absolute atomic E-state index is 0.321. The zero-order chi connectivity index (χ0) is 23.5. The molecule has 180 valence electrons. The molecule has 1 aromatic carbocycles. The van der Waals surface area contributed by atoms with Gasteiger partial charge in [0.1, 0.15) is 5.82 Å². The van der Waals surface area contributed by atoms with Crippen LogP contribution in [0.15, 0.2) is 30.6 Å². The smallest absolute Gasteiger partial charge is 0.324 e. The average molecular weight is 473 g/mol. The van der Waals surface area contributed by atoms with E-state index in [4.69, 9.17) is 25.2 Å². The second-order valence-corrected chi connectivity index (χ2v) is 9.64. The van der Waals surface area contributed by atoms with Crippen molar-refractivity contribution in [2.75, 3.05) is 61.6 Å². The number of nitrogens with zero attached hydrogens (tertiary/aromatic N) is 6. The van der Waals surface area contributed by atoms with Gasteiger partial charge in [-0.25, -0.2) is 9.97 Å². The molecular weight excluding hydrogens is 444 g/mol. The molecule has 0 radical (unpaired) electrons. The van der Waals surface area contributed by atoms with Crippen LogP contribution in [-0.4, -0.2) is 72.4 Å². The lowest BCUT2D eigenvalue weighted by Crippen LogP contribution is -2.37. The summed E-state index contributed by atoms with van der Waals surface area (Å²) in [6, 6.07) is 6.99. The third-order valence-electron chi connectivity index (χ3n) is 7.68. The van der Waals surface area contributed by atoms with Crippen LogP contribution in [0.25, 0.3) is 11.1 Å². The number of morpholine rings is 1. The summed E-state index contributed by atoms with van der Waals surface area (Å²) in [7, 11) is 1.95. The van der Waals surface area contributed by atoms with Crippen molar-refractivity contribution in [3.8, 4) is 22.9 Å². The molecule has 1 saturated carbocycles. The highest BCUT2D eigenvalue weighted by Gasteiger charge is 2.54. The molecule has 4 heterocycles. The Morgan fingerprint density at radius 1 is 1.06 bits per heavy atom. The lowest BCUT2D eigenvalue weighted by atomic mass is 10.1. The first-order chi connectivity index (χ1) is 17.2.